The summed E-state index contributed by atoms with van der Waals surface area (Å²) >= 11 is 0. The Morgan fingerprint density at radius 1 is 1.29 bits per heavy atom. The van der Waals surface area contributed by atoms with Gasteiger partial charge in [0.1, 0.15) is 0 Å². The van der Waals surface area contributed by atoms with Crippen LogP contribution in [0.15, 0.2) is 23.1 Å². The first-order valence-corrected chi connectivity index (χ1v) is 6.98. The van der Waals surface area contributed by atoms with Gasteiger partial charge in [-0.25, -0.2) is 8.42 Å². The lowest BCUT2D eigenvalue weighted by Gasteiger charge is -2.19. The second-order valence-electron chi connectivity index (χ2n) is 3.59. The van der Waals surface area contributed by atoms with Crippen molar-refractivity contribution in [3.63, 3.8) is 0 Å². The van der Waals surface area contributed by atoms with Crippen LogP contribution in [0.4, 0.5) is 11.4 Å². The quantitative estimate of drug-likeness (QED) is 0.781. The molecule has 0 amide bonds. The van der Waals surface area contributed by atoms with Crippen LogP contribution in [0.25, 0.3) is 0 Å². The number of hydrogen-bond acceptors (Lipinski definition) is 4. The van der Waals surface area contributed by atoms with Crippen molar-refractivity contribution in [1.29, 1.82) is 0 Å². The minimum absolute atomic E-state index is 0.234. The Kier molecular flexibility index (Phi) is 4.36. The van der Waals surface area contributed by atoms with Crippen LogP contribution in [0.1, 0.15) is 13.8 Å². The van der Waals surface area contributed by atoms with Gasteiger partial charge in [0.2, 0.25) is 10.0 Å². The first kappa shape index (κ1) is 13.8. The predicted molar refractivity (Wildman–Crippen MR) is 70.5 cm³/mol. The maximum Gasteiger partial charge on any atom is 0.243 e. The zero-order valence-corrected chi connectivity index (χ0v) is 11.2. The van der Waals surface area contributed by atoms with Gasteiger partial charge in [-0.2, -0.15) is 4.31 Å². The van der Waals surface area contributed by atoms with Crippen LogP contribution in [0.2, 0.25) is 0 Å². The molecule has 1 aromatic carbocycles. The first-order chi connectivity index (χ1) is 7.97. The fourth-order valence-corrected chi connectivity index (χ4v) is 3.14. The molecule has 96 valence electrons. The minimum atomic E-state index is -3.42. The Morgan fingerprint density at radius 2 is 1.88 bits per heavy atom. The summed E-state index contributed by atoms with van der Waals surface area (Å²) in [6, 6.07) is 4.72. The van der Waals surface area contributed by atoms with Crippen LogP contribution >= 0.6 is 0 Å². The van der Waals surface area contributed by atoms with E-state index in [0.717, 1.165) is 5.69 Å². The molecule has 0 saturated carbocycles. The number of anilines is 2. The van der Waals surface area contributed by atoms with Crippen molar-refractivity contribution in [2.45, 2.75) is 18.7 Å². The van der Waals surface area contributed by atoms with Gasteiger partial charge in [0.25, 0.3) is 0 Å². The van der Waals surface area contributed by atoms with E-state index < -0.39 is 10.0 Å². The summed E-state index contributed by atoms with van der Waals surface area (Å²) in [5, 5.41) is 2.90. The third-order valence-electron chi connectivity index (χ3n) is 2.64. The summed E-state index contributed by atoms with van der Waals surface area (Å²) in [4.78, 5) is 0.234. The lowest BCUT2D eigenvalue weighted by Crippen LogP contribution is -2.30. The smallest absolute Gasteiger partial charge is 0.243 e. The molecule has 0 fully saturated rings. The molecule has 0 heterocycles. The van der Waals surface area contributed by atoms with Gasteiger partial charge in [0.05, 0.1) is 16.3 Å². The van der Waals surface area contributed by atoms with Crippen LogP contribution in [0, 0.1) is 0 Å². The zero-order valence-electron chi connectivity index (χ0n) is 10.4. The van der Waals surface area contributed by atoms with Gasteiger partial charge in [-0.15, -0.1) is 0 Å². The predicted octanol–water partition coefficient (Wildman–Crippen LogP) is 1.34. The van der Waals surface area contributed by atoms with Crippen molar-refractivity contribution in [3.05, 3.63) is 18.2 Å². The third kappa shape index (κ3) is 2.70. The van der Waals surface area contributed by atoms with Crippen molar-refractivity contribution in [2.75, 3.05) is 31.2 Å². The molecular weight excluding hydrogens is 238 g/mol. The van der Waals surface area contributed by atoms with E-state index in [2.05, 4.69) is 5.32 Å². The molecule has 0 aliphatic heterocycles. The van der Waals surface area contributed by atoms with Gasteiger partial charge < -0.3 is 11.1 Å². The minimum Gasteiger partial charge on any atom is -0.397 e. The number of nitrogens with two attached hydrogens (primary N) is 1. The number of nitrogens with zero attached hydrogens (tertiary/aromatic N) is 1. The largest absolute Gasteiger partial charge is 0.397 e. The van der Waals surface area contributed by atoms with Crippen LogP contribution in [-0.2, 0) is 10.0 Å². The Labute approximate surface area is 103 Å². The molecule has 0 unspecified atom stereocenters. The number of nitrogen functional groups attached to an aromatic ring is 1. The van der Waals surface area contributed by atoms with Gasteiger partial charge in [-0.1, -0.05) is 13.8 Å². The molecule has 0 saturated heterocycles. The van der Waals surface area contributed by atoms with Crippen LogP contribution < -0.4 is 11.1 Å². The summed E-state index contributed by atoms with van der Waals surface area (Å²) in [5.41, 5.74) is 6.92. The van der Waals surface area contributed by atoms with Gasteiger partial charge >= 0.3 is 0 Å². The van der Waals surface area contributed by atoms with E-state index in [1.165, 1.54) is 10.4 Å². The molecule has 0 spiro atoms. The Hall–Kier alpha value is -1.27. The van der Waals surface area contributed by atoms with E-state index in [1.807, 2.05) is 13.8 Å². The number of sulfonamides is 1. The number of benzene rings is 1. The van der Waals surface area contributed by atoms with Gasteiger partial charge in [-0.05, 0) is 18.2 Å². The Bertz CT molecular complexity index is 481. The molecule has 1 rings (SSSR count). The van der Waals surface area contributed by atoms with E-state index in [4.69, 9.17) is 5.73 Å². The maximum atomic E-state index is 12.2. The molecule has 0 aliphatic carbocycles. The van der Waals surface area contributed by atoms with E-state index in [1.54, 1.807) is 19.2 Å². The fourth-order valence-electron chi connectivity index (χ4n) is 1.64. The fraction of sp³-hybridized carbons (Fsp3) is 0.455. The number of rotatable bonds is 5. The molecule has 0 radical (unpaired) electrons. The van der Waals surface area contributed by atoms with Crippen molar-refractivity contribution in [2.24, 2.45) is 0 Å². The Balaban J connectivity index is 3.20. The summed E-state index contributed by atoms with van der Waals surface area (Å²) in [6.07, 6.45) is 0. The van der Waals surface area contributed by atoms with E-state index >= 15 is 0 Å². The molecule has 3 N–H and O–H groups in total. The third-order valence-corrected chi connectivity index (χ3v) is 4.68. The summed E-state index contributed by atoms with van der Waals surface area (Å²) in [7, 11) is -1.68. The molecule has 1 aromatic rings. The highest BCUT2D eigenvalue weighted by molar-refractivity contribution is 7.89. The van der Waals surface area contributed by atoms with Crippen molar-refractivity contribution < 1.29 is 8.42 Å². The average Bonchev–Trinajstić information content (AvgIpc) is 2.30. The number of nitrogens with one attached hydrogen (secondary N) is 1. The molecule has 0 aliphatic rings. The standard InChI is InChI=1S/C11H19N3O2S/c1-4-14(5-2)17(15,16)9-6-7-11(13-3)10(12)8-9/h6-8,13H,4-5,12H2,1-3H3. The van der Waals surface area contributed by atoms with Gasteiger partial charge in [0.15, 0.2) is 0 Å². The zero-order chi connectivity index (χ0) is 13.1. The topological polar surface area (TPSA) is 75.4 Å². The Morgan fingerprint density at radius 3 is 2.29 bits per heavy atom. The SMILES string of the molecule is CCN(CC)S(=O)(=O)c1ccc(NC)c(N)c1. The van der Waals surface area contributed by atoms with Gasteiger partial charge in [0, 0.05) is 20.1 Å². The maximum absolute atomic E-state index is 12.2. The molecule has 0 bridgehead atoms. The van der Waals surface area contributed by atoms with Crippen LogP contribution in [0.3, 0.4) is 0 Å². The highest BCUT2D eigenvalue weighted by Crippen LogP contribution is 2.24. The van der Waals surface area contributed by atoms with E-state index in [0.29, 0.717) is 18.8 Å². The molecule has 0 atom stereocenters. The summed E-state index contributed by atoms with van der Waals surface area (Å²) in [6.45, 7) is 4.53. The van der Waals surface area contributed by atoms with Crippen molar-refractivity contribution >= 4 is 21.4 Å². The van der Waals surface area contributed by atoms with Crippen molar-refractivity contribution in [1.82, 2.24) is 4.31 Å². The summed E-state index contributed by atoms with van der Waals surface area (Å²) in [5.74, 6) is 0. The van der Waals surface area contributed by atoms with Crippen LogP contribution in [0.5, 0.6) is 0 Å². The van der Waals surface area contributed by atoms with Crippen molar-refractivity contribution in [3.8, 4) is 0 Å². The molecule has 17 heavy (non-hydrogen) atoms. The molecule has 5 nitrogen and oxygen atoms in total. The molecular formula is C11H19N3O2S. The lowest BCUT2D eigenvalue weighted by atomic mass is 10.3. The highest BCUT2D eigenvalue weighted by Gasteiger charge is 2.21. The second kappa shape index (κ2) is 5.37. The first-order valence-electron chi connectivity index (χ1n) is 5.54. The normalized spacial score (nSPS) is 11.8. The molecule has 6 heteroatoms. The average molecular weight is 257 g/mol. The van der Waals surface area contributed by atoms with E-state index in [9.17, 15) is 8.42 Å². The highest BCUT2D eigenvalue weighted by atomic mass is 32.2. The lowest BCUT2D eigenvalue weighted by molar-refractivity contribution is 0.445. The number of hydrogen-bond donors (Lipinski definition) is 2. The molecule has 0 aromatic heterocycles. The van der Waals surface area contributed by atoms with Crippen LogP contribution in [-0.4, -0.2) is 32.9 Å². The van der Waals surface area contributed by atoms with E-state index in [-0.39, 0.29) is 4.90 Å². The monoisotopic (exact) mass is 257 g/mol. The summed E-state index contributed by atoms with van der Waals surface area (Å²) < 4.78 is 25.8. The second-order valence-corrected chi connectivity index (χ2v) is 5.53. The van der Waals surface area contributed by atoms with Gasteiger partial charge in [-0.3, -0.25) is 0 Å².